The molecule has 6 nitrogen and oxygen atoms in total. The minimum absolute atomic E-state index is 0.0246. The summed E-state index contributed by atoms with van der Waals surface area (Å²) in [6.45, 7) is 7.76. The number of aryl methyl sites for hydroxylation is 1. The molecule has 6 heteroatoms. The lowest BCUT2D eigenvalue weighted by Gasteiger charge is -2.56. The van der Waals surface area contributed by atoms with E-state index in [1.807, 2.05) is 36.2 Å². The summed E-state index contributed by atoms with van der Waals surface area (Å²) in [4.78, 5) is 29.1. The third-order valence-electron chi connectivity index (χ3n) is 8.81. The van der Waals surface area contributed by atoms with E-state index in [2.05, 4.69) is 41.8 Å². The van der Waals surface area contributed by atoms with Crippen molar-refractivity contribution in [2.75, 3.05) is 26.7 Å². The summed E-state index contributed by atoms with van der Waals surface area (Å²) in [6.07, 6.45) is 8.16. The molecule has 4 rings (SSSR count). The number of esters is 1. The molecule has 2 fully saturated rings. The number of piperidine rings is 1. The summed E-state index contributed by atoms with van der Waals surface area (Å²) in [5.74, 6) is 0.352. The normalized spacial score (nSPS) is 24.9. The SMILES string of the molecule is C=CCN1CC[C@@]2(c3cccc(OC(C)=O)c3)C[C@H](N(C)C(=O)CCCCCc3ccccc3)CC(O)[C@@H]2C1. The van der Waals surface area contributed by atoms with Crippen LogP contribution >= 0.6 is 0 Å². The fourth-order valence-corrected chi connectivity index (χ4v) is 6.74. The van der Waals surface area contributed by atoms with E-state index in [0.717, 1.165) is 63.7 Å². The Morgan fingerprint density at radius 1 is 1.15 bits per heavy atom. The minimum atomic E-state index is -0.533. The van der Waals surface area contributed by atoms with E-state index in [0.29, 0.717) is 18.6 Å². The average molecular weight is 533 g/mol. The van der Waals surface area contributed by atoms with Gasteiger partial charge in [0.2, 0.25) is 5.91 Å². The second-order valence-electron chi connectivity index (χ2n) is 11.4. The lowest BCUT2D eigenvalue weighted by atomic mass is 9.56. The molecule has 1 amide bonds. The largest absolute Gasteiger partial charge is 0.427 e. The molecular formula is C33H44N2O4. The van der Waals surface area contributed by atoms with Crippen LogP contribution < -0.4 is 4.74 Å². The maximum absolute atomic E-state index is 13.3. The number of nitrogens with zero attached hydrogens (tertiary/aromatic N) is 2. The van der Waals surface area contributed by atoms with Crippen LogP contribution in [0.3, 0.4) is 0 Å². The van der Waals surface area contributed by atoms with Gasteiger partial charge in [0.25, 0.3) is 0 Å². The van der Waals surface area contributed by atoms with Crippen LogP contribution in [0.25, 0.3) is 0 Å². The lowest BCUT2D eigenvalue weighted by molar-refractivity contribution is -0.136. The van der Waals surface area contributed by atoms with Crippen LogP contribution in [0.2, 0.25) is 0 Å². The molecular weight excluding hydrogens is 488 g/mol. The molecule has 0 bridgehead atoms. The molecule has 1 N–H and O–H groups in total. The van der Waals surface area contributed by atoms with Crippen molar-refractivity contribution < 1.29 is 19.4 Å². The van der Waals surface area contributed by atoms with Crippen LogP contribution in [0, 0.1) is 5.92 Å². The Kier molecular flexibility index (Phi) is 9.98. The zero-order valence-electron chi connectivity index (χ0n) is 23.6. The average Bonchev–Trinajstić information content (AvgIpc) is 2.93. The van der Waals surface area contributed by atoms with Gasteiger partial charge < -0.3 is 14.7 Å². The first-order valence-corrected chi connectivity index (χ1v) is 14.4. The number of rotatable bonds is 11. The van der Waals surface area contributed by atoms with Crippen molar-refractivity contribution in [3.05, 3.63) is 78.4 Å². The first kappa shape index (κ1) is 29.0. The fraction of sp³-hybridized carbons (Fsp3) is 0.515. The van der Waals surface area contributed by atoms with Gasteiger partial charge >= 0.3 is 5.97 Å². The van der Waals surface area contributed by atoms with Gasteiger partial charge in [0, 0.05) is 50.9 Å². The molecule has 1 aliphatic carbocycles. The Morgan fingerprint density at radius 2 is 1.95 bits per heavy atom. The summed E-state index contributed by atoms with van der Waals surface area (Å²) >= 11 is 0. The monoisotopic (exact) mass is 532 g/mol. The van der Waals surface area contributed by atoms with E-state index >= 15 is 0 Å². The maximum atomic E-state index is 13.3. The van der Waals surface area contributed by atoms with Crippen molar-refractivity contribution in [3.8, 4) is 5.75 Å². The second kappa shape index (κ2) is 13.4. The van der Waals surface area contributed by atoms with Crippen molar-refractivity contribution in [2.24, 2.45) is 5.92 Å². The maximum Gasteiger partial charge on any atom is 0.308 e. The van der Waals surface area contributed by atoms with Gasteiger partial charge in [-0.15, -0.1) is 6.58 Å². The van der Waals surface area contributed by atoms with Gasteiger partial charge in [-0.1, -0.05) is 55.0 Å². The fourth-order valence-electron chi connectivity index (χ4n) is 6.74. The van der Waals surface area contributed by atoms with Gasteiger partial charge in [0.05, 0.1) is 6.10 Å². The molecule has 2 aromatic rings. The summed E-state index contributed by atoms with van der Waals surface area (Å²) in [5, 5.41) is 11.5. The number of aliphatic hydroxyl groups is 1. The number of unbranched alkanes of at least 4 members (excludes halogenated alkanes) is 2. The van der Waals surface area contributed by atoms with Gasteiger partial charge in [-0.2, -0.15) is 0 Å². The van der Waals surface area contributed by atoms with Crippen molar-refractivity contribution in [2.45, 2.75) is 75.9 Å². The Bertz CT molecular complexity index is 1120. The topological polar surface area (TPSA) is 70.1 Å². The first-order valence-electron chi connectivity index (χ1n) is 14.4. The summed E-state index contributed by atoms with van der Waals surface area (Å²) in [6, 6.07) is 18.2. The van der Waals surface area contributed by atoms with Crippen LogP contribution in [-0.4, -0.2) is 65.6 Å². The highest BCUT2D eigenvalue weighted by Gasteiger charge is 2.52. The number of carbonyl (C=O) groups is 2. The molecule has 2 aliphatic rings. The van der Waals surface area contributed by atoms with Crippen LogP contribution in [-0.2, 0) is 21.4 Å². The van der Waals surface area contributed by atoms with Gasteiger partial charge in [-0.25, -0.2) is 0 Å². The smallest absolute Gasteiger partial charge is 0.308 e. The van der Waals surface area contributed by atoms with Crippen molar-refractivity contribution in [1.82, 2.24) is 9.80 Å². The number of hydrogen-bond donors (Lipinski definition) is 1. The number of aliphatic hydroxyl groups excluding tert-OH is 1. The minimum Gasteiger partial charge on any atom is -0.427 e. The Morgan fingerprint density at radius 3 is 2.69 bits per heavy atom. The molecule has 1 saturated heterocycles. The van der Waals surface area contributed by atoms with Gasteiger partial charge in [0.15, 0.2) is 0 Å². The van der Waals surface area contributed by atoms with Gasteiger partial charge in [-0.3, -0.25) is 14.5 Å². The number of ether oxygens (including phenoxy) is 1. The van der Waals surface area contributed by atoms with E-state index in [1.165, 1.54) is 12.5 Å². The van der Waals surface area contributed by atoms with Crippen molar-refractivity contribution in [3.63, 3.8) is 0 Å². The van der Waals surface area contributed by atoms with Crippen LogP contribution in [0.1, 0.15) is 63.0 Å². The number of likely N-dealkylation sites (tertiary alicyclic amines) is 1. The molecule has 1 aliphatic heterocycles. The van der Waals surface area contributed by atoms with Gasteiger partial charge in [-0.05, 0) is 68.3 Å². The predicted molar refractivity (Wildman–Crippen MR) is 155 cm³/mol. The van der Waals surface area contributed by atoms with Gasteiger partial charge in [0.1, 0.15) is 5.75 Å². The number of fused-ring (bicyclic) bond motifs is 1. The van der Waals surface area contributed by atoms with Crippen LogP contribution in [0.15, 0.2) is 67.3 Å². The highest BCUT2D eigenvalue weighted by molar-refractivity contribution is 5.76. The summed E-state index contributed by atoms with van der Waals surface area (Å²) in [7, 11) is 1.90. The van der Waals surface area contributed by atoms with Crippen molar-refractivity contribution in [1.29, 1.82) is 0 Å². The molecule has 2 aromatic carbocycles. The number of benzene rings is 2. The van der Waals surface area contributed by atoms with E-state index < -0.39 is 6.10 Å². The first-order chi connectivity index (χ1) is 18.8. The molecule has 0 aromatic heterocycles. The number of hydrogen-bond acceptors (Lipinski definition) is 5. The predicted octanol–water partition coefficient (Wildman–Crippen LogP) is 5.14. The standard InChI is InChI=1S/C33H44N2O4/c1-4-19-35-20-18-33(27-15-11-16-29(21-27)39-25(2)36)23-28(22-31(37)30(33)24-35)34(3)32(38)17-10-6-9-14-26-12-7-5-8-13-26/h4-5,7-8,11-13,15-16,21,28,30-31,37H,1,6,9-10,14,17-20,22-24H2,2-3H3/t28-,30+,31?,33+/m1/s1. The van der Waals surface area contributed by atoms with Crippen LogP contribution in [0.4, 0.5) is 0 Å². The molecule has 4 atom stereocenters. The Labute approximate surface area is 233 Å². The van der Waals surface area contributed by atoms with E-state index in [-0.39, 0.29) is 29.3 Å². The van der Waals surface area contributed by atoms with Crippen molar-refractivity contribution >= 4 is 11.9 Å². The molecule has 1 heterocycles. The molecule has 0 spiro atoms. The molecule has 210 valence electrons. The van der Waals surface area contributed by atoms with E-state index in [9.17, 15) is 14.7 Å². The summed E-state index contributed by atoms with van der Waals surface area (Å²) in [5.41, 5.74) is 2.12. The molecule has 0 radical (unpaired) electrons. The number of amides is 1. The third kappa shape index (κ3) is 7.17. The second-order valence-corrected chi connectivity index (χ2v) is 11.4. The molecule has 1 unspecified atom stereocenters. The number of carbonyl (C=O) groups excluding carboxylic acids is 2. The highest BCUT2D eigenvalue weighted by atomic mass is 16.5. The lowest BCUT2D eigenvalue weighted by Crippen LogP contribution is -2.61. The van der Waals surface area contributed by atoms with Crippen LogP contribution in [0.5, 0.6) is 5.75 Å². The molecule has 1 saturated carbocycles. The Hall–Kier alpha value is -2.96. The molecule has 39 heavy (non-hydrogen) atoms. The van der Waals surface area contributed by atoms with E-state index in [4.69, 9.17) is 4.74 Å². The zero-order chi connectivity index (χ0) is 27.8. The summed E-state index contributed by atoms with van der Waals surface area (Å²) < 4.78 is 5.42. The highest BCUT2D eigenvalue weighted by Crippen LogP contribution is 2.50. The zero-order valence-corrected chi connectivity index (χ0v) is 23.6. The van der Waals surface area contributed by atoms with E-state index in [1.54, 1.807) is 6.07 Å². The Balaban J connectivity index is 1.45. The quantitative estimate of drug-likeness (QED) is 0.188. The third-order valence-corrected chi connectivity index (χ3v) is 8.81.